The van der Waals surface area contributed by atoms with Crippen LogP contribution >= 0.6 is 0 Å². The Hall–Kier alpha value is -2.61. The normalized spacial score (nSPS) is 17.5. The molecule has 0 saturated heterocycles. The van der Waals surface area contributed by atoms with Gasteiger partial charge in [0.1, 0.15) is 0 Å². The molecule has 8 heteroatoms. The van der Waals surface area contributed by atoms with Crippen LogP contribution in [0.2, 0.25) is 0 Å². The highest BCUT2D eigenvalue weighted by molar-refractivity contribution is 7.84. The van der Waals surface area contributed by atoms with Crippen molar-refractivity contribution in [2.24, 2.45) is 5.92 Å². The zero-order valence-electron chi connectivity index (χ0n) is 16.9. The molecule has 0 bridgehead atoms. The SMILES string of the molecule is CS(=O)c1ccc(Cc2c3n(c4ccccc24)CC(CC(=O)O)CC3)c(C(F)(F)F)c1. The molecule has 1 aliphatic rings. The lowest BCUT2D eigenvalue weighted by atomic mass is 9.91. The average molecular weight is 449 g/mol. The number of carbonyl (C=O) groups is 1. The van der Waals surface area contributed by atoms with E-state index in [0.717, 1.165) is 28.2 Å². The fourth-order valence-corrected chi connectivity index (χ4v) is 5.11. The van der Waals surface area contributed by atoms with Crippen molar-refractivity contribution in [1.82, 2.24) is 4.57 Å². The minimum atomic E-state index is -4.55. The van der Waals surface area contributed by atoms with Crippen LogP contribution in [0.3, 0.4) is 0 Å². The number of nitrogens with zero attached hydrogens (tertiary/aromatic N) is 1. The van der Waals surface area contributed by atoms with Crippen molar-refractivity contribution in [2.45, 2.75) is 43.3 Å². The molecule has 164 valence electrons. The lowest BCUT2D eigenvalue weighted by molar-refractivity contribution is -0.139. The molecule has 1 aliphatic heterocycles. The smallest absolute Gasteiger partial charge is 0.416 e. The van der Waals surface area contributed by atoms with E-state index < -0.39 is 28.5 Å². The topological polar surface area (TPSA) is 59.3 Å². The standard InChI is InChI=1S/C23H22F3NO3S/c1-31(30)16-8-7-15(19(12-16)23(24,25)26)11-18-17-4-2-3-5-20(17)27-13-14(10-22(28)29)6-9-21(18)27/h2-5,7-8,12,14H,6,9-11,13H2,1H3,(H,28,29). The van der Waals surface area contributed by atoms with Crippen LogP contribution in [0.15, 0.2) is 47.4 Å². The summed E-state index contributed by atoms with van der Waals surface area (Å²) < 4.78 is 55.2. The second-order valence-corrected chi connectivity index (χ2v) is 9.38. The highest BCUT2D eigenvalue weighted by Crippen LogP contribution is 2.38. The van der Waals surface area contributed by atoms with Crippen LogP contribution in [0, 0.1) is 5.92 Å². The lowest BCUT2D eigenvalue weighted by Gasteiger charge is -2.25. The van der Waals surface area contributed by atoms with Gasteiger partial charge in [-0.2, -0.15) is 13.2 Å². The summed E-state index contributed by atoms with van der Waals surface area (Å²) in [6, 6.07) is 11.5. The Labute approximate surface area is 180 Å². The van der Waals surface area contributed by atoms with E-state index in [9.17, 15) is 22.2 Å². The van der Waals surface area contributed by atoms with Crippen LogP contribution < -0.4 is 0 Å². The minimum absolute atomic E-state index is 0.00166. The molecular formula is C23H22F3NO3S. The van der Waals surface area contributed by atoms with Gasteiger partial charge in [-0.1, -0.05) is 24.3 Å². The number of halogens is 3. The molecule has 1 aromatic heterocycles. The van der Waals surface area contributed by atoms with Gasteiger partial charge in [0.25, 0.3) is 0 Å². The molecule has 4 rings (SSSR count). The predicted octanol–water partition coefficient (Wildman–Crippen LogP) is 5.03. The molecular weight excluding hydrogens is 427 g/mol. The number of carboxylic acid groups (broad SMARTS) is 1. The summed E-state index contributed by atoms with van der Waals surface area (Å²) >= 11 is 0. The first-order valence-electron chi connectivity index (χ1n) is 9.99. The number of benzene rings is 2. The molecule has 0 saturated carbocycles. The van der Waals surface area contributed by atoms with Crippen LogP contribution in [0.5, 0.6) is 0 Å². The first-order chi connectivity index (χ1) is 14.6. The number of hydrogen-bond acceptors (Lipinski definition) is 2. The van der Waals surface area contributed by atoms with Crippen LogP contribution in [-0.4, -0.2) is 26.1 Å². The van der Waals surface area contributed by atoms with Crippen LogP contribution in [-0.2, 0) is 41.2 Å². The lowest BCUT2D eigenvalue weighted by Crippen LogP contribution is -2.22. The summed E-state index contributed by atoms with van der Waals surface area (Å²) in [7, 11) is -1.51. The van der Waals surface area contributed by atoms with E-state index in [1.807, 2.05) is 24.3 Å². The van der Waals surface area contributed by atoms with Crippen molar-refractivity contribution < 1.29 is 27.3 Å². The number of para-hydroxylation sites is 1. The number of carboxylic acids is 1. The third kappa shape index (κ3) is 4.26. The molecule has 0 spiro atoms. The monoisotopic (exact) mass is 449 g/mol. The van der Waals surface area contributed by atoms with Crippen LogP contribution in [0.1, 0.15) is 35.2 Å². The van der Waals surface area contributed by atoms with Crippen LogP contribution in [0.4, 0.5) is 13.2 Å². The van der Waals surface area contributed by atoms with Gasteiger partial charge in [0.15, 0.2) is 0 Å². The Balaban J connectivity index is 1.81. The number of alkyl halides is 3. The quantitative estimate of drug-likeness (QED) is 0.595. The Morgan fingerprint density at radius 2 is 1.97 bits per heavy atom. The molecule has 4 nitrogen and oxygen atoms in total. The van der Waals surface area contributed by atoms with E-state index in [1.165, 1.54) is 18.4 Å². The van der Waals surface area contributed by atoms with Gasteiger partial charge in [-0.3, -0.25) is 9.00 Å². The molecule has 31 heavy (non-hydrogen) atoms. The molecule has 0 fully saturated rings. The molecule has 3 aromatic rings. The fraction of sp³-hybridized carbons (Fsp3) is 0.348. The number of hydrogen-bond donors (Lipinski definition) is 1. The van der Waals surface area contributed by atoms with E-state index in [-0.39, 0.29) is 29.2 Å². The summed E-state index contributed by atoms with van der Waals surface area (Å²) in [6.07, 6.45) is -1.68. The third-order valence-corrected chi connectivity index (χ3v) is 6.89. The Kier molecular flexibility index (Phi) is 5.68. The molecule has 1 N–H and O–H groups in total. The maximum Gasteiger partial charge on any atom is 0.416 e. The van der Waals surface area contributed by atoms with Gasteiger partial charge in [0.05, 0.1) is 5.56 Å². The van der Waals surface area contributed by atoms with Gasteiger partial charge in [-0.25, -0.2) is 0 Å². The zero-order chi connectivity index (χ0) is 22.3. The molecule has 0 amide bonds. The second-order valence-electron chi connectivity index (χ2n) is 8.00. The minimum Gasteiger partial charge on any atom is -0.481 e. The Morgan fingerprint density at radius 3 is 2.65 bits per heavy atom. The van der Waals surface area contributed by atoms with Crippen molar-refractivity contribution in [1.29, 1.82) is 0 Å². The van der Waals surface area contributed by atoms with Crippen molar-refractivity contribution in [3.05, 3.63) is 64.8 Å². The second kappa shape index (κ2) is 8.15. The predicted molar refractivity (Wildman–Crippen MR) is 113 cm³/mol. The molecule has 0 aliphatic carbocycles. The van der Waals surface area contributed by atoms with Gasteiger partial charge in [0, 0.05) is 57.9 Å². The Bertz CT molecular complexity index is 1180. The number of aromatic nitrogens is 1. The Morgan fingerprint density at radius 1 is 1.23 bits per heavy atom. The number of rotatable bonds is 5. The maximum absolute atomic E-state index is 13.8. The van der Waals surface area contributed by atoms with E-state index in [4.69, 9.17) is 5.11 Å². The molecule has 2 atom stereocenters. The van der Waals surface area contributed by atoms with Gasteiger partial charge in [-0.15, -0.1) is 0 Å². The summed E-state index contributed by atoms with van der Waals surface area (Å²) in [5.74, 6) is -0.841. The van der Waals surface area contributed by atoms with Crippen molar-refractivity contribution in [2.75, 3.05) is 6.26 Å². The summed E-state index contributed by atoms with van der Waals surface area (Å²) in [5.41, 5.74) is 2.12. The van der Waals surface area contributed by atoms with Crippen molar-refractivity contribution >= 4 is 27.7 Å². The van der Waals surface area contributed by atoms with E-state index in [2.05, 4.69) is 4.57 Å². The first kappa shape index (κ1) is 21.6. The van der Waals surface area contributed by atoms with Crippen molar-refractivity contribution in [3.63, 3.8) is 0 Å². The first-order valence-corrected chi connectivity index (χ1v) is 11.5. The zero-order valence-corrected chi connectivity index (χ0v) is 17.7. The number of fused-ring (bicyclic) bond motifs is 3. The fourth-order valence-electron chi connectivity index (χ4n) is 4.57. The molecule has 2 aromatic carbocycles. The van der Waals surface area contributed by atoms with Crippen LogP contribution in [0.25, 0.3) is 10.9 Å². The van der Waals surface area contributed by atoms with E-state index in [1.54, 1.807) is 0 Å². The average Bonchev–Trinajstić information content (AvgIpc) is 3.00. The molecule has 2 unspecified atom stereocenters. The summed E-state index contributed by atoms with van der Waals surface area (Å²) in [6.45, 7) is 0.544. The summed E-state index contributed by atoms with van der Waals surface area (Å²) in [5, 5.41) is 10.1. The van der Waals surface area contributed by atoms with Crippen molar-refractivity contribution in [3.8, 4) is 0 Å². The van der Waals surface area contributed by atoms with Gasteiger partial charge in [-0.05, 0) is 48.1 Å². The van der Waals surface area contributed by atoms with Gasteiger partial charge >= 0.3 is 12.1 Å². The van der Waals surface area contributed by atoms with Gasteiger partial charge in [0.2, 0.25) is 0 Å². The highest BCUT2D eigenvalue weighted by atomic mass is 32.2. The van der Waals surface area contributed by atoms with Gasteiger partial charge < -0.3 is 9.67 Å². The largest absolute Gasteiger partial charge is 0.481 e. The van der Waals surface area contributed by atoms with E-state index >= 15 is 0 Å². The molecule has 2 heterocycles. The third-order valence-electron chi connectivity index (χ3n) is 5.97. The highest BCUT2D eigenvalue weighted by Gasteiger charge is 2.35. The molecule has 0 radical (unpaired) electrons. The number of aliphatic carboxylic acids is 1. The van der Waals surface area contributed by atoms with E-state index in [0.29, 0.717) is 19.4 Å². The maximum atomic E-state index is 13.8. The summed E-state index contributed by atoms with van der Waals surface area (Å²) in [4.78, 5) is 11.3.